The van der Waals surface area contributed by atoms with E-state index in [0.29, 0.717) is 18.0 Å². The van der Waals surface area contributed by atoms with Gasteiger partial charge in [0.05, 0.1) is 23.4 Å². The van der Waals surface area contributed by atoms with E-state index < -0.39 is 9.84 Å². The van der Waals surface area contributed by atoms with E-state index in [9.17, 15) is 8.42 Å². The van der Waals surface area contributed by atoms with Crippen LogP contribution in [0.25, 0.3) is 0 Å². The van der Waals surface area contributed by atoms with Gasteiger partial charge in [-0.15, -0.1) is 0 Å². The Morgan fingerprint density at radius 2 is 2.06 bits per heavy atom. The van der Waals surface area contributed by atoms with Crippen molar-refractivity contribution in [2.24, 2.45) is 0 Å². The second-order valence-corrected chi connectivity index (χ2v) is 7.08. The quantitative estimate of drug-likeness (QED) is 0.839. The number of nitrogens with zero attached hydrogens (tertiary/aromatic N) is 1. The number of pyridine rings is 1. The summed E-state index contributed by atoms with van der Waals surface area (Å²) in [6.07, 6.45) is 3.01. The summed E-state index contributed by atoms with van der Waals surface area (Å²) in [7, 11) is -2.80. The number of sulfone groups is 1. The Balaban J connectivity index is 2.02. The molecule has 6 heteroatoms. The molecule has 0 aromatic carbocycles. The first-order chi connectivity index (χ1) is 7.96. The molecule has 0 atom stereocenters. The third-order valence-electron chi connectivity index (χ3n) is 2.99. The minimum atomic E-state index is -2.80. The molecule has 1 fully saturated rings. The molecule has 1 aromatic rings. The minimum absolute atomic E-state index is 0.209. The molecule has 0 saturated carbocycles. The molecular formula is C11H15ClN2O2S. The second kappa shape index (κ2) is 4.82. The van der Waals surface area contributed by atoms with Crippen LogP contribution in [-0.2, 0) is 9.84 Å². The van der Waals surface area contributed by atoms with Gasteiger partial charge in [-0.3, -0.25) is 0 Å². The summed E-state index contributed by atoms with van der Waals surface area (Å²) < 4.78 is 22.6. The maximum atomic E-state index is 11.3. The molecule has 1 N–H and O–H groups in total. The average Bonchev–Trinajstić information content (AvgIpc) is 2.25. The average molecular weight is 275 g/mol. The first-order valence-corrected chi connectivity index (χ1v) is 7.75. The fourth-order valence-electron chi connectivity index (χ4n) is 1.93. The van der Waals surface area contributed by atoms with Gasteiger partial charge < -0.3 is 5.32 Å². The van der Waals surface area contributed by atoms with E-state index in [1.54, 1.807) is 12.3 Å². The predicted molar refractivity (Wildman–Crippen MR) is 69.3 cm³/mol. The van der Waals surface area contributed by atoms with E-state index in [0.717, 1.165) is 11.3 Å². The highest BCUT2D eigenvalue weighted by atomic mass is 35.5. The van der Waals surface area contributed by atoms with Crippen LogP contribution >= 0.6 is 11.6 Å². The van der Waals surface area contributed by atoms with Crippen LogP contribution in [0.1, 0.15) is 18.4 Å². The number of rotatable bonds is 2. The van der Waals surface area contributed by atoms with E-state index >= 15 is 0 Å². The normalized spacial score (nSPS) is 20.1. The maximum absolute atomic E-state index is 11.3. The summed E-state index contributed by atoms with van der Waals surface area (Å²) in [5.74, 6) is 0.537. The summed E-state index contributed by atoms with van der Waals surface area (Å²) in [4.78, 5) is 4.02. The van der Waals surface area contributed by atoms with Crippen molar-refractivity contribution < 1.29 is 8.42 Å². The van der Waals surface area contributed by atoms with Gasteiger partial charge in [0.1, 0.15) is 15.0 Å². The zero-order chi connectivity index (χ0) is 12.5. The van der Waals surface area contributed by atoms with Gasteiger partial charge in [0.25, 0.3) is 0 Å². The van der Waals surface area contributed by atoms with Gasteiger partial charge in [0, 0.05) is 6.04 Å². The van der Waals surface area contributed by atoms with Gasteiger partial charge in [0.2, 0.25) is 0 Å². The lowest BCUT2D eigenvalue weighted by Crippen LogP contribution is -2.32. The van der Waals surface area contributed by atoms with Crippen molar-refractivity contribution in [3.63, 3.8) is 0 Å². The maximum Gasteiger partial charge on any atom is 0.150 e. The van der Waals surface area contributed by atoms with E-state index in [1.165, 1.54) is 0 Å². The zero-order valence-corrected chi connectivity index (χ0v) is 11.2. The Hall–Kier alpha value is -0.810. The summed E-state index contributed by atoms with van der Waals surface area (Å²) in [5.41, 5.74) is 1.96. The Bertz CT molecular complexity index is 502. The van der Waals surface area contributed by atoms with Gasteiger partial charge >= 0.3 is 0 Å². The van der Waals surface area contributed by atoms with Crippen molar-refractivity contribution in [1.82, 2.24) is 4.98 Å². The van der Waals surface area contributed by atoms with E-state index in [-0.39, 0.29) is 17.5 Å². The Kier molecular flexibility index (Phi) is 3.58. The lowest BCUT2D eigenvalue weighted by molar-refractivity contribution is 0.559. The third-order valence-corrected chi connectivity index (χ3v) is 4.91. The second-order valence-electron chi connectivity index (χ2n) is 4.39. The summed E-state index contributed by atoms with van der Waals surface area (Å²) in [5, 5.41) is 3.80. The summed E-state index contributed by atoms with van der Waals surface area (Å²) >= 11 is 5.78. The molecule has 1 saturated heterocycles. The van der Waals surface area contributed by atoms with Crippen molar-refractivity contribution in [2.45, 2.75) is 25.8 Å². The third kappa shape index (κ3) is 3.33. The highest BCUT2D eigenvalue weighted by Crippen LogP contribution is 2.21. The van der Waals surface area contributed by atoms with Crippen LogP contribution in [0.15, 0.2) is 12.3 Å². The fourth-order valence-corrected chi connectivity index (χ4v) is 3.63. The molecule has 0 unspecified atom stereocenters. The monoisotopic (exact) mass is 274 g/mol. The van der Waals surface area contributed by atoms with E-state index in [2.05, 4.69) is 10.3 Å². The van der Waals surface area contributed by atoms with Crippen molar-refractivity contribution in [3.8, 4) is 0 Å². The molecule has 94 valence electrons. The van der Waals surface area contributed by atoms with Crippen LogP contribution in [0.5, 0.6) is 0 Å². The highest BCUT2D eigenvalue weighted by molar-refractivity contribution is 7.91. The van der Waals surface area contributed by atoms with Crippen molar-refractivity contribution >= 4 is 27.1 Å². The largest absolute Gasteiger partial charge is 0.381 e. The SMILES string of the molecule is Cc1cc(Cl)ncc1NC1CCS(=O)(=O)CC1. The molecule has 1 aliphatic rings. The highest BCUT2D eigenvalue weighted by Gasteiger charge is 2.23. The van der Waals surface area contributed by atoms with Crippen LogP contribution in [0.4, 0.5) is 5.69 Å². The molecule has 0 spiro atoms. The topological polar surface area (TPSA) is 59.1 Å². The van der Waals surface area contributed by atoms with Gasteiger partial charge in [-0.05, 0) is 31.4 Å². The van der Waals surface area contributed by atoms with Crippen molar-refractivity contribution in [2.75, 3.05) is 16.8 Å². The molecule has 0 amide bonds. The lowest BCUT2D eigenvalue weighted by Gasteiger charge is -2.24. The van der Waals surface area contributed by atoms with Crippen LogP contribution in [0.2, 0.25) is 5.15 Å². The molecule has 1 aliphatic heterocycles. The molecule has 4 nitrogen and oxygen atoms in total. The Morgan fingerprint density at radius 3 is 2.65 bits per heavy atom. The lowest BCUT2D eigenvalue weighted by atomic mass is 10.1. The number of aromatic nitrogens is 1. The standard InChI is InChI=1S/C11H15ClN2O2S/c1-8-6-11(12)13-7-10(8)14-9-2-4-17(15,16)5-3-9/h6-7,9,14H,2-5H2,1H3. The van der Waals surface area contributed by atoms with Crippen molar-refractivity contribution in [3.05, 3.63) is 23.0 Å². The van der Waals surface area contributed by atoms with Crippen LogP contribution < -0.4 is 5.32 Å². The molecule has 2 rings (SSSR count). The molecule has 2 heterocycles. The summed E-state index contributed by atoms with van der Waals surface area (Å²) in [6, 6.07) is 2.00. The molecule has 1 aromatic heterocycles. The van der Waals surface area contributed by atoms with Crippen molar-refractivity contribution in [1.29, 1.82) is 0 Å². The fraction of sp³-hybridized carbons (Fsp3) is 0.545. The van der Waals surface area contributed by atoms with Crippen LogP contribution in [0.3, 0.4) is 0 Å². The van der Waals surface area contributed by atoms with Gasteiger partial charge in [0.15, 0.2) is 0 Å². The van der Waals surface area contributed by atoms with Gasteiger partial charge in [-0.25, -0.2) is 13.4 Å². The van der Waals surface area contributed by atoms with Gasteiger partial charge in [-0.2, -0.15) is 0 Å². The number of hydrogen-bond acceptors (Lipinski definition) is 4. The minimum Gasteiger partial charge on any atom is -0.381 e. The first-order valence-electron chi connectivity index (χ1n) is 5.55. The first kappa shape index (κ1) is 12.6. The van der Waals surface area contributed by atoms with Crippen LogP contribution in [-0.4, -0.2) is 30.9 Å². The van der Waals surface area contributed by atoms with E-state index in [1.807, 2.05) is 6.92 Å². The number of aryl methyl sites for hydroxylation is 1. The van der Waals surface area contributed by atoms with E-state index in [4.69, 9.17) is 11.6 Å². The molecule has 0 bridgehead atoms. The molecule has 0 radical (unpaired) electrons. The molecule has 0 aliphatic carbocycles. The Morgan fingerprint density at radius 1 is 1.41 bits per heavy atom. The number of anilines is 1. The van der Waals surface area contributed by atoms with Gasteiger partial charge in [-0.1, -0.05) is 11.6 Å². The van der Waals surface area contributed by atoms with Crippen LogP contribution in [0, 0.1) is 6.92 Å². The molecule has 17 heavy (non-hydrogen) atoms. The predicted octanol–water partition coefficient (Wildman–Crippen LogP) is 2.03. The number of nitrogens with one attached hydrogen (secondary N) is 1. The number of hydrogen-bond donors (Lipinski definition) is 1. The molecular weight excluding hydrogens is 260 g/mol. The zero-order valence-electron chi connectivity index (χ0n) is 9.61. The number of halogens is 1. The smallest absolute Gasteiger partial charge is 0.150 e. The Labute approximate surface area is 106 Å². The summed E-state index contributed by atoms with van der Waals surface area (Å²) in [6.45, 7) is 1.95.